The molecule has 154 valence electrons. The number of carbonyl (C=O) groups is 1. The lowest BCUT2D eigenvalue weighted by molar-refractivity contribution is -0.136. The number of fused-ring (bicyclic) bond motifs is 1. The van der Waals surface area contributed by atoms with Gasteiger partial charge >= 0.3 is 6.18 Å². The van der Waals surface area contributed by atoms with Crippen molar-refractivity contribution < 1.29 is 22.7 Å². The van der Waals surface area contributed by atoms with Gasteiger partial charge in [-0.05, 0) is 62.7 Å². The number of nitrogens with one attached hydrogen (secondary N) is 1. The molecule has 1 heterocycles. The summed E-state index contributed by atoms with van der Waals surface area (Å²) < 4.78 is 47.4. The van der Waals surface area contributed by atoms with E-state index in [9.17, 15) is 18.0 Å². The van der Waals surface area contributed by atoms with E-state index in [1.165, 1.54) is 6.07 Å². The van der Waals surface area contributed by atoms with Crippen LogP contribution in [0.3, 0.4) is 0 Å². The van der Waals surface area contributed by atoms with Crippen LogP contribution in [-0.2, 0) is 12.7 Å². The molecule has 0 aliphatic carbocycles. The third-order valence-electron chi connectivity index (χ3n) is 4.67. The molecule has 8 heteroatoms. The number of hydrogen-bond donors (Lipinski definition) is 1. The molecule has 0 atom stereocenters. The van der Waals surface area contributed by atoms with Gasteiger partial charge in [0.2, 0.25) is 0 Å². The molecule has 0 saturated carbocycles. The van der Waals surface area contributed by atoms with Crippen LogP contribution in [0, 0.1) is 6.92 Å². The number of ether oxygens (including phenoxy) is 1. The van der Waals surface area contributed by atoms with Crippen LogP contribution in [-0.4, -0.2) is 17.1 Å². The Hall–Kier alpha value is -2.67. The van der Waals surface area contributed by atoms with Crippen LogP contribution >= 0.6 is 11.6 Å². The molecule has 0 spiro atoms. The number of halogens is 4. The molecule has 1 N–H and O–H groups in total. The summed E-state index contributed by atoms with van der Waals surface area (Å²) >= 11 is 5.71. The maximum Gasteiger partial charge on any atom is 0.418 e. The number of rotatable bonds is 5. The first kappa shape index (κ1) is 21.0. The first-order chi connectivity index (χ1) is 13.7. The van der Waals surface area contributed by atoms with E-state index in [4.69, 9.17) is 16.3 Å². The van der Waals surface area contributed by atoms with Crippen molar-refractivity contribution in [2.24, 2.45) is 0 Å². The fraction of sp³-hybridized carbons (Fsp3) is 0.286. The largest absolute Gasteiger partial charge is 0.494 e. The van der Waals surface area contributed by atoms with E-state index in [2.05, 4.69) is 5.32 Å². The van der Waals surface area contributed by atoms with Crippen LogP contribution in [0.1, 0.15) is 35.5 Å². The van der Waals surface area contributed by atoms with Crippen LogP contribution in [0.15, 0.2) is 36.4 Å². The summed E-state index contributed by atoms with van der Waals surface area (Å²) in [7, 11) is 0. The van der Waals surface area contributed by atoms with Crippen molar-refractivity contribution in [3.63, 3.8) is 0 Å². The van der Waals surface area contributed by atoms with Gasteiger partial charge in [-0.3, -0.25) is 4.79 Å². The molecule has 29 heavy (non-hydrogen) atoms. The van der Waals surface area contributed by atoms with Crippen molar-refractivity contribution in [1.29, 1.82) is 0 Å². The van der Waals surface area contributed by atoms with Gasteiger partial charge in [0.1, 0.15) is 11.4 Å². The average Bonchev–Trinajstić information content (AvgIpc) is 2.94. The van der Waals surface area contributed by atoms with E-state index in [1.54, 1.807) is 17.6 Å². The molecule has 3 rings (SSSR count). The molecule has 0 unspecified atom stereocenters. The second kappa shape index (κ2) is 7.99. The van der Waals surface area contributed by atoms with Gasteiger partial charge in [0.05, 0.1) is 17.9 Å². The topological polar surface area (TPSA) is 43.3 Å². The normalized spacial score (nSPS) is 11.7. The summed E-state index contributed by atoms with van der Waals surface area (Å²) in [5, 5.41) is 3.16. The number of carbonyl (C=O) groups excluding carboxylic acids is 1. The number of alkyl halides is 3. The molecule has 4 nitrogen and oxygen atoms in total. The van der Waals surface area contributed by atoms with Crippen molar-refractivity contribution >= 4 is 34.1 Å². The lowest BCUT2D eigenvalue weighted by Crippen LogP contribution is -2.20. The molecule has 3 aromatic rings. The monoisotopic (exact) mass is 424 g/mol. The quantitative estimate of drug-likeness (QED) is 0.522. The second-order valence-corrected chi connectivity index (χ2v) is 6.91. The average molecular weight is 425 g/mol. The summed E-state index contributed by atoms with van der Waals surface area (Å²) in [6.07, 6.45) is -4.65. The molecule has 0 bridgehead atoms. The maximum absolute atomic E-state index is 13.4. The summed E-state index contributed by atoms with van der Waals surface area (Å²) in [6.45, 7) is 6.50. The Bertz CT molecular complexity index is 1070. The van der Waals surface area contributed by atoms with Crippen LogP contribution in [0.5, 0.6) is 5.75 Å². The smallest absolute Gasteiger partial charge is 0.418 e. The second-order valence-electron chi connectivity index (χ2n) is 6.47. The van der Waals surface area contributed by atoms with Gasteiger partial charge in [0, 0.05) is 22.5 Å². The minimum absolute atomic E-state index is 0.0578. The highest BCUT2D eigenvalue weighted by atomic mass is 35.5. The molecule has 1 amide bonds. The van der Waals surface area contributed by atoms with Gasteiger partial charge in [-0.1, -0.05) is 11.6 Å². The number of anilines is 1. The van der Waals surface area contributed by atoms with Crippen LogP contribution in [0.4, 0.5) is 18.9 Å². The van der Waals surface area contributed by atoms with E-state index >= 15 is 0 Å². The van der Waals surface area contributed by atoms with Crippen molar-refractivity contribution in [2.45, 2.75) is 33.5 Å². The molecule has 0 aliphatic heterocycles. The Balaban J connectivity index is 2.07. The van der Waals surface area contributed by atoms with Gasteiger partial charge in [0.15, 0.2) is 0 Å². The number of amides is 1. The zero-order chi connectivity index (χ0) is 21.3. The minimum atomic E-state index is -4.65. The first-order valence-corrected chi connectivity index (χ1v) is 9.48. The molecule has 0 fully saturated rings. The third kappa shape index (κ3) is 4.05. The van der Waals surface area contributed by atoms with Gasteiger partial charge in [-0.25, -0.2) is 0 Å². The maximum atomic E-state index is 13.4. The molecule has 1 aromatic heterocycles. The van der Waals surface area contributed by atoms with Gasteiger partial charge in [0.25, 0.3) is 5.91 Å². The van der Waals surface area contributed by atoms with Gasteiger partial charge < -0.3 is 14.6 Å². The highest BCUT2D eigenvalue weighted by Gasteiger charge is 2.34. The van der Waals surface area contributed by atoms with E-state index in [-0.39, 0.29) is 10.7 Å². The Morgan fingerprint density at radius 3 is 2.52 bits per heavy atom. The third-order valence-corrected chi connectivity index (χ3v) is 4.90. The first-order valence-electron chi connectivity index (χ1n) is 9.11. The fourth-order valence-corrected chi connectivity index (χ4v) is 3.59. The molecule has 0 saturated heterocycles. The van der Waals surface area contributed by atoms with Crippen molar-refractivity contribution in [2.75, 3.05) is 11.9 Å². The predicted octanol–water partition coefficient (Wildman–Crippen LogP) is 6.29. The van der Waals surface area contributed by atoms with Gasteiger partial charge in [-0.15, -0.1) is 0 Å². The Morgan fingerprint density at radius 1 is 1.17 bits per heavy atom. The lowest BCUT2D eigenvalue weighted by atomic mass is 10.1. The van der Waals surface area contributed by atoms with Crippen molar-refractivity contribution in [3.8, 4) is 5.75 Å². The Kier molecular flexibility index (Phi) is 5.80. The fourth-order valence-electron chi connectivity index (χ4n) is 3.42. The highest BCUT2D eigenvalue weighted by Crippen LogP contribution is 2.37. The van der Waals surface area contributed by atoms with Crippen molar-refractivity contribution in [3.05, 3.63) is 58.2 Å². The molecular weight excluding hydrogens is 405 g/mol. The molecule has 0 aliphatic rings. The standard InChI is InChI=1S/C21H20ClF3N2O2/c1-4-27-18-9-7-14(29-5-2)11-15(18)12(3)19(27)20(28)26-17-8-6-13(22)10-16(17)21(23,24)25/h6-11H,4-5H2,1-3H3,(H,26,28). The summed E-state index contributed by atoms with van der Waals surface area (Å²) in [6, 6.07) is 8.75. The molecule has 2 aromatic carbocycles. The summed E-state index contributed by atoms with van der Waals surface area (Å²) in [5.74, 6) is 0.0479. The minimum Gasteiger partial charge on any atom is -0.494 e. The van der Waals surface area contributed by atoms with E-state index in [1.807, 2.05) is 26.0 Å². The Morgan fingerprint density at radius 2 is 1.90 bits per heavy atom. The van der Waals surface area contributed by atoms with Crippen LogP contribution < -0.4 is 10.1 Å². The zero-order valence-corrected chi connectivity index (χ0v) is 16.9. The van der Waals surface area contributed by atoms with Crippen LogP contribution in [0.2, 0.25) is 5.02 Å². The van der Waals surface area contributed by atoms with E-state index < -0.39 is 17.6 Å². The van der Waals surface area contributed by atoms with Crippen molar-refractivity contribution in [1.82, 2.24) is 4.57 Å². The molecule has 0 radical (unpaired) electrons. The van der Waals surface area contributed by atoms with Gasteiger partial charge in [-0.2, -0.15) is 13.2 Å². The lowest BCUT2D eigenvalue weighted by Gasteiger charge is -2.15. The number of benzene rings is 2. The molecular formula is C21H20ClF3N2O2. The summed E-state index contributed by atoms with van der Waals surface area (Å²) in [5.41, 5.74) is 0.455. The van der Waals surface area contributed by atoms with E-state index in [0.717, 1.165) is 23.0 Å². The number of hydrogen-bond acceptors (Lipinski definition) is 2. The predicted molar refractivity (Wildman–Crippen MR) is 108 cm³/mol. The highest BCUT2D eigenvalue weighted by molar-refractivity contribution is 6.30. The Labute approximate surface area is 171 Å². The number of nitrogens with zero attached hydrogens (tertiary/aromatic N) is 1. The van der Waals surface area contributed by atoms with Crippen LogP contribution in [0.25, 0.3) is 10.9 Å². The zero-order valence-electron chi connectivity index (χ0n) is 16.2. The number of aromatic nitrogens is 1. The SMILES string of the molecule is CCOc1ccc2c(c1)c(C)c(C(=O)Nc1ccc(Cl)cc1C(F)(F)F)n2CC. The number of aryl methyl sites for hydroxylation is 2. The van der Waals surface area contributed by atoms with E-state index in [0.29, 0.717) is 30.2 Å². The summed E-state index contributed by atoms with van der Waals surface area (Å²) in [4.78, 5) is 13.0.